The van der Waals surface area contributed by atoms with Crippen molar-refractivity contribution in [1.82, 2.24) is 0 Å². The van der Waals surface area contributed by atoms with E-state index in [1.54, 1.807) is 0 Å². The van der Waals surface area contributed by atoms with Gasteiger partial charge in [-0.05, 0) is 12.8 Å². The molecule has 3 heteroatoms. The molecule has 0 amide bonds. The summed E-state index contributed by atoms with van der Waals surface area (Å²) in [4.78, 5) is 23.2. The molecule has 0 spiro atoms. The van der Waals surface area contributed by atoms with Crippen LogP contribution < -0.4 is 0 Å². The number of ether oxygens (including phenoxy) is 1. The molecule has 0 N–H and O–H groups in total. The molecule has 0 radical (unpaired) electrons. The standard InChI is InChI=1S/C26H50O3/c1-3-5-7-9-10-11-12-13-14-15-16-17-18-19-20-22-24-29-26(28)25(27)23-21-8-6-4-2/h3-24H2,1-2H3. The fourth-order valence-corrected chi connectivity index (χ4v) is 3.71. The molecular weight excluding hydrogens is 360 g/mol. The van der Waals surface area contributed by atoms with Crippen molar-refractivity contribution in [2.24, 2.45) is 0 Å². The first kappa shape index (κ1) is 28.1. The first-order valence-electron chi connectivity index (χ1n) is 12.9. The first-order valence-corrected chi connectivity index (χ1v) is 12.9. The molecule has 0 aromatic rings. The van der Waals surface area contributed by atoms with Crippen molar-refractivity contribution < 1.29 is 14.3 Å². The number of ketones is 1. The van der Waals surface area contributed by atoms with Gasteiger partial charge in [0.15, 0.2) is 0 Å². The van der Waals surface area contributed by atoms with Crippen LogP contribution in [0.1, 0.15) is 149 Å². The quantitative estimate of drug-likeness (QED) is 0.0965. The lowest BCUT2D eigenvalue weighted by Gasteiger charge is -2.05. The molecule has 0 aliphatic heterocycles. The lowest BCUT2D eigenvalue weighted by Crippen LogP contribution is -2.17. The highest BCUT2D eigenvalue weighted by atomic mass is 16.5. The molecule has 172 valence electrons. The molecule has 0 aliphatic rings. The number of hydrogen-bond acceptors (Lipinski definition) is 3. The third kappa shape index (κ3) is 21.7. The van der Waals surface area contributed by atoms with Crippen LogP contribution in [0.3, 0.4) is 0 Å². The molecule has 0 aromatic heterocycles. The second-order valence-electron chi connectivity index (χ2n) is 8.67. The average Bonchev–Trinajstić information content (AvgIpc) is 2.73. The van der Waals surface area contributed by atoms with Gasteiger partial charge in [-0.3, -0.25) is 4.79 Å². The summed E-state index contributed by atoms with van der Waals surface area (Å²) in [7, 11) is 0. The summed E-state index contributed by atoms with van der Waals surface area (Å²) >= 11 is 0. The van der Waals surface area contributed by atoms with Crippen LogP contribution in [0.25, 0.3) is 0 Å². The SMILES string of the molecule is CCCCCCCCCCCCCCCCCCOC(=O)C(=O)CCCCCC. The van der Waals surface area contributed by atoms with E-state index in [-0.39, 0.29) is 5.78 Å². The predicted octanol–water partition coefficient (Wildman–Crippen LogP) is 8.33. The smallest absolute Gasteiger partial charge is 0.374 e. The van der Waals surface area contributed by atoms with Crippen LogP contribution in [-0.4, -0.2) is 18.4 Å². The van der Waals surface area contributed by atoms with Gasteiger partial charge >= 0.3 is 5.97 Å². The second kappa shape index (κ2) is 23.4. The Morgan fingerprint density at radius 3 is 1.24 bits per heavy atom. The number of rotatable bonds is 23. The largest absolute Gasteiger partial charge is 0.460 e. The van der Waals surface area contributed by atoms with Gasteiger partial charge in [0.25, 0.3) is 0 Å². The summed E-state index contributed by atoms with van der Waals surface area (Å²) in [5.41, 5.74) is 0. The van der Waals surface area contributed by atoms with Crippen LogP contribution in [-0.2, 0) is 14.3 Å². The van der Waals surface area contributed by atoms with Gasteiger partial charge in [-0.25, -0.2) is 4.79 Å². The van der Waals surface area contributed by atoms with Gasteiger partial charge in [0.2, 0.25) is 5.78 Å². The van der Waals surface area contributed by atoms with E-state index in [4.69, 9.17) is 4.74 Å². The maximum Gasteiger partial charge on any atom is 0.374 e. The highest BCUT2D eigenvalue weighted by Gasteiger charge is 2.14. The summed E-state index contributed by atoms with van der Waals surface area (Å²) in [5, 5.41) is 0. The summed E-state index contributed by atoms with van der Waals surface area (Å²) in [6.07, 6.45) is 25.7. The van der Waals surface area contributed by atoms with Gasteiger partial charge in [-0.1, -0.05) is 129 Å². The third-order valence-electron chi connectivity index (χ3n) is 5.72. The maximum atomic E-state index is 11.6. The molecule has 0 heterocycles. The number of hydrogen-bond donors (Lipinski definition) is 0. The van der Waals surface area contributed by atoms with Gasteiger partial charge in [0.1, 0.15) is 0 Å². The van der Waals surface area contributed by atoms with Gasteiger partial charge in [-0.2, -0.15) is 0 Å². The normalized spacial score (nSPS) is 11.0. The molecule has 29 heavy (non-hydrogen) atoms. The Kier molecular flexibility index (Phi) is 22.7. The molecule has 0 fully saturated rings. The number of unbranched alkanes of at least 4 members (excludes halogenated alkanes) is 18. The molecular formula is C26H50O3. The Morgan fingerprint density at radius 2 is 0.828 bits per heavy atom. The molecule has 0 atom stereocenters. The molecule has 0 aromatic carbocycles. The predicted molar refractivity (Wildman–Crippen MR) is 124 cm³/mol. The summed E-state index contributed by atoms with van der Waals surface area (Å²) in [5.74, 6) is -0.972. The zero-order valence-corrected chi connectivity index (χ0v) is 19.8. The third-order valence-corrected chi connectivity index (χ3v) is 5.72. The zero-order valence-electron chi connectivity index (χ0n) is 19.8. The number of esters is 1. The van der Waals surface area contributed by atoms with Gasteiger partial charge < -0.3 is 4.74 Å². The zero-order chi connectivity index (χ0) is 21.4. The van der Waals surface area contributed by atoms with Crippen LogP contribution in [0, 0.1) is 0 Å². The number of carbonyl (C=O) groups is 2. The minimum Gasteiger partial charge on any atom is -0.460 e. The van der Waals surface area contributed by atoms with Crippen LogP contribution in [0.15, 0.2) is 0 Å². The fraction of sp³-hybridized carbons (Fsp3) is 0.923. The van der Waals surface area contributed by atoms with E-state index in [9.17, 15) is 9.59 Å². The van der Waals surface area contributed by atoms with Crippen molar-refractivity contribution in [2.45, 2.75) is 149 Å². The van der Waals surface area contributed by atoms with Crippen molar-refractivity contribution in [1.29, 1.82) is 0 Å². The van der Waals surface area contributed by atoms with E-state index in [0.29, 0.717) is 13.0 Å². The highest BCUT2D eigenvalue weighted by Crippen LogP contribution is 2.13. The summed E-state index contributed by atoms with van der Waals surface area (Å²) < 4.78 is 5.09. The van der Waals surface area contributed by atoms with E-state index in [1.807, 2.05) is 0 Å². The van der Waals surface area contributed by atoms with Crippen molar-refractivity contribution in [3.05, 3.63) is 0 Å². The lowest BCUT2D eigenvalue weighted by atomic mass is 10.0. The molecule has 0 saturated heterocycles. The summed E-state index contributed by atoms with van der Waals surface area (Å²) in [6.45, 7) is 4.81. The molecule has 0 saturated carbocycles. The Morgan fingerprint density at radius 1 is 0.483 bits per heavy atom. The van der Waals surface area contributed by atoms with Crippen LogP contribution in [0.4, 0.5) is 0 Å². The van der Waals surface area contributed by atoms with Gasteiger partial charge in [-0.15, -0.1) is 0 Å². The van der Waals surface area contributed by atoms with E-state index < -0.39 is 5.97 Å². The molecule has 0 bridgehead atoms. The molecule has 0 aliphatic carbocycles. The number of Topliss-reactive ketones (excluding diaryl/α,β-unsaturated/α-hetero) is 1. The van der Waals surface area contributed by atoms with Crippen LogP contribution >= 0.6 is 0 Å². The Labute approximate surface area is 181 Å². The van der Waals surface area contributed by atoms with E-state index in [1.165, 1.54) is 89.9 Å². The molecule has 0 rings (SSSR count). The van der Waals surface area contributed by atoms with Crippen molar-refractivity contribution in [3.8, 4) is 0 Å². The second-order valence-corrected chi connectivity index (χ2v) is 8.67. The lowest BCUT2D eigenvalue weighted by molar-refractivity contribution is -0.154. The average molecular weight is 411 g/mol. The van der Waals surface area contributed by atoms with Crippen LogP contribution in [0.5, 0.6) is 0 Å². The van der Waals surface area contributed by atoms with E-state index in [0.717, 1.165) is 38.5 Å². The van der Waals surface area contributed by atoms with Gasteiger partial charge in [0, 0.05) is 6.42 Å². The van der Waals surface area contributed by atoms with Crippen molar-refractivity contribution >= 4 is 11.8 Å². The monoisotopic (exact) mass is 410 g/mol. The Balaban J connectivity index is 3.21. The minimum absolute atomic E-state index is 0.345. The Bertz CT molecular complexity index is 365. The maximum absolute atomic E-state index is 11.6. The molecule has 3 nitrogen and oxygen atoms in total. The number of carbonyl (C=O) groups excluding carboxylic acids is 2. The van der Waals surface area contributed by atoms with Crippen LogP contribution in [0.2, 0.25) is 0 Å². The minimum atomic E-state index is -0.623. The summed E-state index contributed by atoms with van der Waals surface area (Å²) in [6, 6.07) is 0. The van der Waals surface area contributed by atoms with Crippen molar-refractivity contribution in [3.63, 3.8) is 0 Å². The Hall–Kier alpha value is -0.860. The highest BCUT2D eigenvalue weighted by molar-refractivity contribution is 6.33. The molecule has 0 unspecified atom stereocenters. The van der Waals surface area contributed by atoms with E-state index >= 15 is 0 Å². The first-order chi connectivity index (χ1) is 14.2. The van der Waals surface area contributed by atoms with Crippen molar-refractivity contribution in [2.75, 3.05) is 6.61 Å². The van der Waals surface area contributed by atoms with E-state index in [2.05, 4.69) is 13.8 Å². The topological polar surface area (TPSA) is 43.4 Å². The fourth-order valence-electron chi connectivity index (χ4n) is 3.71. The van der Waals surface area contributed by atoms with Gasteiger partial charge in [0.05, 0.1) is 6.61 Å².